The van der Waals surface area contributed by atoms with Crippen LogP contribution in [0.1, 0.15) is 22.3 Å². The van der Waals surface area contributed by atoms with Crippen molar-refractivity contribution in [1.29, 1.82) is 0 Å². The minimum absolute atomic E-state index is 0.628. The Balaban J connectivity index is 1.27. The molecule has 0 amide bonds. The second-order valence-corrected chi connectivity index (χ2v) is 8.32. The minimum Gasteiger partial charge on any atom is -0.332 e. The monoisotopic (exact) mass is 404 g/mol. The van der Waals surface area contributed by atoms with Gasteiger partial charge in [0, 0.05) is 24.2 Å². The molecule has 4 aromatic carbocycles. The minimum atomic E-state index is 0.628. The number of benzene rings is 4. The number of rotatable bonds is 2. The molecule has 0 bridgehead atoms. The summed E-state index contributed by atoms with van der Waals surface area (Å²) in [6, 6.07) is 30.1. The zero-order valence-electron chi connectivity index (χ0n) is 16.4. The molecule has 0 radical (unpaired) electrons. The lowest BCUT2D eigenvalue weighted by atomic mass is 10.0. The normalized spacial score (nSPS) is 12.5. The van der Waals surface area contributed by atoms with E-state index in [-0.39, 0.29) is 0 Å². The van der Waals surface area contributed by atoms with E-state index in [4.69, 9.17) is 12.2 Å². The average molecular weight is 405 g/mol. The van der Waals surface area contributed by atoms with Gasteiger partial charge in [0.25, 0.3) is 0 Å². The molecular formula is C27H20N2S. The number of fused-ring (bicyclic) bond motifs is 6. The molecule has 0 saturated carbocycles. The van der Waals surface area contributed by atoms with Crippen molar-refractivity contribution >= 4 is 28.7 Å². The van der Waals surface area contributed by atoms with E-state index >= 15 is 0 Å². The molecule has 6 rings (SSSR count). The fraction of sp³-hybridized carbons (Fsp3) is 0.0741. The van der Waals surface area contributed by atoms with E-state index in [9.17, 15) is 0 Å². The van der Waals surface area contributed by atoms with Crippen LogP contribution >= 0.6 is 12.2 Å². The van der Waals surface area contributed by atoms with Crippen LogP contribution in [0.5, 0.6) is 0 Å². The van der Waals surface area contributed by atoms with Crippen molar-refractivity contribution in [3.63, 3.8) is 0 Å². The number of thiocarbonyl (C=S) groups is 1. The molecule has 0 aromatic heterocycles. The quantitative estimate of drug-likeness (QED) is 0.316. The summed E-state index contributed by atoms with van der Waals surface area (Å²) in [5.74, 6) is 0. The highest BCUT2D eigenvalue weighted by molar-refractivity contribution is 7.80. The highest BCUT2D eigenvalue weighted by atomic mass is 32.1. The standard InChI is InChI=1S/C27H20N2S/c30-27(28-25-13-5-11-21-19-9-3-1-7-17(19)15-23(21)25)29-26-14-6-12-22-20-10-4-2-8-18(20)16-24(22)26/h1-14H,15-16H2,(H2,28,29,30). The van der Waals surface area contributed by atoms with Crippen LogP contribution < -0.4 is 10.6 Å². The Morgan fingerprint density at radius 2 is 0.967 bits per heavy atom. The summed E-state index contributed by atoms with van der Waals surface area (Å²) in [7, 11) is 0. The summed E-state index contributed by atoms with van der Waals surface area (Å²) in [5, 5.41) is 7.55. The van der Waals surface area contributed by atoms with Crippen molar-refractivity contribution in [3.05, 3.63) is 107 Å². The molecule has 4 aromatic rings. The van der Waals surface area contributed by atoms with E-state index in [2.05, 4.69) is 95.6 Å². The van der Waals surface area contributed by atoms with Crippen molar-refractivity contribution in [2.24, 2.45) is 0 Å². The van der Waals surface area contributed by atoms with Gasteiger partial charge in [-0.15, -0.1) is 0 Å². The van der Waals surface area contributed by atoms with Gasteiger partial charge in [0.2, 0.25) is 0 Å². The van der Waals surface area contributed by atoms with Gasteiger partial charge in [-0.3, -0.25) is 0 Å². The van der Waals surface area contributed by atoms with Crippen LogP contribution in [0.4, 0.5) is 11.4 Å². The van der Waals surface area contributed by atoms with Crippen LogP contribution in [-0.2, 0) is 12.8 Å². The Kier molecular flexibility index (Phi) is 3.96. The predicted molar refractivity (Wildman–Crippen MR) is 129 cm³/mol. The number of nitrogens with one attached hydrogen (secondary N) is 2. The molecule has 0 spiro atoms. The first kappa shape index (κ1) is 17.4. The first-order chi connectivity index (χ1) is 14.8. The van der Waals surface area contributed by atoms with Crippen molar-refractivity contribution < 1.29 is 0 Å². The summed E-state index contributed by atoms with van der Waals surface area (Å²) >= 11 is 5.71. The number of hydrogen-bond acceptors (Lipinski definition) is 1. The first-order valence-electron chi connectivity index (χ1n) is 10.3. The Labute approximate surface area is 181 Å². The molecule has 2 aliphatic rings. The second-order valence-electron chi connectivity index (χ2n) is 7.91. The van der Waals surface area contributed by atoms with Gasteiger partial charge in [-0.1, -0.05) is 72.8 Å². The van der Waals surface area contributed by atoms with Crippen LogP contribution in [0, 0.1) is 0 Å². The maximum Gasteiger partial charge on any atom is 0.175 e. The molecule has 0 heterocycles. The van der Waals surface area contributed by atoms with Crippen LogP contribution in [0.2, 0.25) is 0 Å². The van der Waals surface area contributed by atoms with Gasteiger partial charge in [-0.25, -0.2) is 0 Å². The third-order valence-electron chi connectivity index (χ3n) is 6.20. The SMILES string of the molecule is S=C(Nc1cccc2c1Cc1ccccc1-2)Nc1cccc2c1Cc1ccccc1-2. The van der Waals surface area contributed by atoms with Crippen LogP contribution in [0.15, 0.2) is 84.9 Å². The Morgan fingerprint density at radius 3 is 1.47 bits per heavy atom. The lowest BCUT2D eigenvalue weighted by molar-refractivity contribution is 1.26. The Bertz CT molecular complexity index is 1220. The van der Waals surface area contributed by atoms with Gasteiger partial charge in [0.1, 0.15) is 0 Å². The lowest BCUT2D eigenvalue weighted by Crippen LogP contribution is -2.20. The van der Waals surface area contributed by atoms with Gasteiger partial charge >= 0.3 is 0 Å². The first-order valence-corrected chi connectivity index (χ1v) is 10.7. The smallest absolute Gasteiger partial charge is 0.175 e. The summed E-state index contributed by atoms with van der Waals surface area (Å²) in [4.78, 5) is 0. The molecule has 30 heavy (non-hydrogen) atoms. The fourth-order valence-corrected chi connectivity index (χ4v) is 5.04. The van der Waals surface area contributed by atoms with Crippen molar-refractivity contribution in [2.45, 2.75) is 12.8 Å². The Morgan fingerprint density at radius 1 is 0.533 bits per heavy atom. The molecule has 0 aliphatic heterocycles. The summed E-state index contributed by atoms with van der Waals surface area (Å²) in [6.45, 7) is 0. The average Bonchev–Trinajstić information content (AvgIpc) is 3.34. The predicted octanol–water partition coefficient (Wildman–Crippen LogP) is 6.64. The van der Waals surface area contributed by atoms with Gasteiger partial charge < -0.3 is 10.6 Å². The zero-order valence-corrected chi connectivity index (χ0v) is 17.2. The molecule has 2 nitrogen and oxygen atoms in total. The highest BCUT2D eigenvalue weighted by Crippen LogP contribution is 2.41. The highest BCUT2D eigenvalue weighted by Gasteiger charge is 2.22. The van der Waals surface area contributed by atoms with Crippen LogP contribution in [-0.4, -0.2) is 5.11 Å². The third-order valence-corrected chi connectivity index (χ3v) is 6.40. The van der Waals surface area contributed by atoms with Crippen molar-refractivity contribution in [3.8, 4) is 22.3 Å². The molecule has 2 aliphatic carbocycles. The van der Waals surface area contributed by atoms with E-state index in [0.717, 1.165) is 24.2 Å². The van der Waals surface area contributed by atoms with Gasteiger partial charge in [-0.2, -0.15) is 0 Å². The molecule has 0 saturated heterocycles. The molecule has 2 N–H and O–H groups in total. The van der Waals surface area contributed by atoms with E-state index < -0.39 is 0 Å². The lowest BCUT2D eigenvalue weighted by Gasteiger charge is -2.16. The third kappa shape index (κ3) is 2.74. The molecule has 0 unspecified atom stereocenters. The molecule has 0 atom stereocenters. The zero-order chi connectivity index (χ0) is 20.1. The van der Waals surface area contributed by atoms with E-state index in [1.165, 1.54) is 44.5 Å². The number of anilines is 2. The van der Waals surface area contributed by atoms with E-state index in [1.807, 2.05) is 0 Å². The largest absolute Gasteiger partial charge is 0.332 e. The summed E-state index contributed by atoms with van der Waals surface area (Å²) < 4.78 is 0. The van der Waals surface area contributed by atoms with Crippen LogP contribution in [0.3, 0.4) is 0 Å². The maximum atomic E-state index is 5.71. The Hall–Kier alpha value is -3.43. The van der Waals surface area contributed by atoms with E-state index in [1.54, 1.807) is 0 Å². The maximum absolute atomic E-state index is 5.71. The molecule has 144 valence electrons. The molecular weight excluding hydrogens is 384 g/mol. The van der Waals surface area contributed by atoms with Gasteiger partial charge in [0.05, 0.1) is 0 Å². The fourth-order valence-electron chi connectivity index (χ4n) is 4.82. The van der Waals surface area contributed by atoms with Crippen molar-refractivity contribution in [2.75, 3.05) is 10.6 Å². The second kappa shape index (κ2) is 6.82. The van der Waals surface area contributed by atoms with Crippen LogP contribution in [0.25, 0.3) is 22.3 Å². The van der Waals surface area contributed by atoms with Crippen molar-refractivity contribution in [1.82, 2.24) is 0 Å². The summed E-state index contributed by atoms with van der Waals surface area (Å²) in [6.07, 6.45) is 1.88. The molecule has 3 heteroatoms. The van der Waals surface area contributed by atoms with Gasteiger partial charge in [-0.05, 0) is 68.9 Å². The molecule has 0 fully saturated rings. The number of hydrogen-bond donors (Lipinski definition) is 2. The van der Waals surface area contributed by atoms with Gasteiger partial charge in [0.15, 0.2) is 5.11 Å². The summed E-state index contributed by atoms with van der Waals surface area (Å²) in [5.41, 5.74) is 12.8. The topological polar surface area (TPSA) is 24.1 Å². The van der Waals surface area contributed by atoms with E-state index in [0.29, 0.717) is 5.11 Å².